The number of nitrogens with zero attached hydrogens (tertiary/aromatic N) is 2. The Morgan fingerprint density at radius 2 is 1.75 bits per heavy atom. The lowest BCUT2D eigenvalue weighted by Crippen LogP contribution is -2.40. The summed E-state index contributed by atoms with van der Waals surface area (Å²) < 4.78 is 38.7. The highest BCUT2D eigenvalue weighted by Gasteiger charge is 2.35. The first-order valence-corrected chi connectivity index (χ1v) is 15.3. The molecule has 0 fully saturated rings. The van der Waals surface area contributed by atoms with E-state index in [0.717, 1.165) is 10.0 Å². The standard InChI is InChI=1S/C33H30BrFN2O6S/c1-18(2)43-32(39)29-19(3)36-33-37(30(29)24-16-22(34)9-13-25(24)40-4)31(38)28(44-33)15-21-8-12-26(27(14-21)41-5)42-17-20-6-10-23(35)11-7-20/h6-16,18,30H,17H2,1-5H3/b28-15-/t30-/m1/s1. The number of rotatable bonds is 9. The van der Waals surface area contributed by atoms with Gasteiger partial charge in [-0.05, 0) is 80.4 Å². The molecule has 228 valence electrons. The largest absolute Gasteiger partial charge is 0.496 e. The van der Waals surface area contributed by atoms with Crippen LogP contribution in [0.3, 0.4) is 0 Å². The van der Waals surface area contributed by atoms with Crippen molar-refractivity contribution in [2.75, 3.05) is 14.2 Å². The summed E-state index contributed by atoms with van der Waals surface area (Å²) in [5, 5.41) is 0. The fraction of sp³-hybridized carbons (Fsp3) is 0.242. The van der Waals surface area contributed by atoms with Crippen molar-refractivity contribution < 1.29 is 28.1 Å². The van der Waals surface area contributed by atoms with Gasteiger partial charge in [-0.2, -0.15) is 0 Å². The van der Waals surface area contributed by atoms with Gasteiger partial charge in [-0.25, -0.2) is 14.2 Å². The van der Waals surface area contributed by atoms with Gasteiger partial charge in [-0.15, -0.1) is 0 Å². The summed E-state index contributed by atoms with van der Waals surface area (Å²) in [7, 11) is 3.07. The summed E-state index contributed by atoms with van der Waals surface area (Å²) in [4.78, 5) is 32.6. The molecule has 0 amide bonds. The molecular weight excluding hydrogens is 651 g/mol. The number of methoxy groups -OCH3 is 2. The van der Waals surface area contributed by atoms with Crippen molar-refractivity contribution in [3.05, 3.63) is 119 Å². The molecule has 4 aromatic rings. The number of fused-ring (bicyclic) bond motifs is 1. The van der Waals surface area contributed by atoms with Crippen LogP contribution in [0.4, 0.5) is 4.39 Å². The molecule has 5 rings (SSSR count). The molecule has 11 heteroatoms. The summed E-state index contributed by atoms with van der Waals surface area (Å²) in [5.41, 5.74) is 2.52. The molecule has 0 radical (unpaired) electrons. The van der Waals surface area contributed by atoms with Crippen molar-refractivity contribution >= 4 is 39.3 Å². The van der Waals surface area contributed by atoms with Gasteiger partial charge in [0.1, 0.15) is 24.2 Å². The highest BCUT2D eigenvalue weighted by Crippen LogP contribution is 2.37. The number of halogens is 2. The van der Waals surface area contributed by atoms with E-state index in [0.29, 0.717) is 43.4 Å². The molecule has 1 aromatic heterocycles. The summed E-state index contributed by atoms with van der Waals surface area (Å²) >= 11 is 4.74. The zero-order valence-electron chi connectivity index (χ0n) is 24.7. The Bertz CT molecular complexity index is 1930. The van der Waals surface area contributed by atoms with Crippen molar-refractivity contribution in [2.45, 2.75) is 39.5 Å². The molecule has 3 aromatic carbocycles. The Labute approximate surface area is 265 Å². The Balaban J connectivity index is 1.58. The van der Waals surface area contributed by atoms with Gasteiger partial charge in [0.2, 0.25) is 0 Å². The maximum absolute atomic E-state index is 14.1. The minimum atomic E-state index is -0.830. The summed E-state index contributed by atoms with van der Waals surface area (Å²) in [6.45, 7) is 5.51. The van der Waals surface area contributed by atoms with Crippen LogP contribution >= 0.6 is 27.3 Å². The van der Waals surface area contributed by atoms with Crippen LogP contribution in [0.25, 0.3) is 6.08 Å². The van der Waals surface area contributed by atoms with Crippen molar-refractivity contribution in [3.8, 4) is 17.2 Å². The maximum atomic E-state index is 14.1. The number of allylic oxidation sites excluding steroid dienone is 1. The Kier molecular flexibility index (Phi) is 9.36. The van der Waals surface area contributed by atoms with Crippen LogP contribution in [0, 0.1) is 5.82 Å². The molecule has 44 heavy (non-hydrogen) atoms. The number of hydrogen-bond acceptors (Lipinski definition) is 8. The first-order valence-electron chi connectivity index (χ1n) is 13.7. The molecule has 2 heterocycles. The van der Waals surface area contributed by atoms with Gasteiger partial charge in [-0.1, -0.05) is 45.5 Å². The number of carbonyl (C=O) groups is 1. The number of thiazole rings is 1. The van der Waals surface area contributed by atoms with E-state index in [1.54, 1.807) is 64.3 Å². The molecule has 0 aliphatic carbocycles. The minimum absolute atomic E-state index is 0.231. The molecular formula is C33H30BrFN2O6S. The van der Waals surface area contributed by atoms with Gasteiger partial charge in [0.05, 0.1) is 36.1 Å². The SMILES string of the molecule is COc1cc(/C=c2\sc3n(c2=O)[C@H](c2cc(Br)ccc2OC)C(C(=O)OC(C)C)=C(C)N=3)ccc1OCc1ccc(F)cc1. The number of hydrogen-bond donors (Lipinski definition) is 0. The second-order valence-electron chi connectivity index (χ2n) is 10.2. The van der Waals surface area contributed by atoms with E-state index in [1.807, 2.05) is 18.2 Å². The van der Waals surface area contributed by atoms with Crippen LogP contribution in [0.1, 0.15) is 43.5 Å². The molecule has 1 aliphatic rings. The normalized spacial score (nSPS) is 14.7. The highest BCUT2D eigenvalue weighted by molar-refractivity contribution is 9.10. The Morgan fingerprint density at radius 1 is 1.05 bits per heavy atom. The molecule has 0 saturated heterocycles. The molecule has 0 spiro atoms. The van der Waals surface area contributed by atoms with Crippen molar-refractivity contribution in [3.63, 3.8) is 0 Å². The van der Waals surface area contributed by atoms with Crippen LogP contribution in [0.2, 0.25) is 0 Å². The lowest BCUT2D eigenvalue weighted by molar-refractivity contribution is -0.143. The molecule has 1 aliphatic heterocycles. The zero-order valence-corrected chi connectivity index (χ0v) is 27.1. The lowest BCUT2D eigenvalue weighted by atomic mass is 9.95. The first-order chi connectivity index (χ1) is 21.1. The van der Waals surface area contributed by atoms with E-state index >= 15 is 0 Å². The van der Waals surface area contributed by atoms with E-state index < -0.39 is 12.0 Å². The molecule has 8 nitrogen and oxygen atoms in total. The molecule has 0 N–H and O–H groups in total. The topological polar surface area (TPSA) is 88.4 Å². The average Bonchev–Trinajstić information content (AvgIpc) is 3.29. The molecule has 0 bridgehead atoms. The minimum Gasteiger partial charge on any atom is -0.496 e. The number of benzene rings is 3. The fourth-order valence-electron chi connectivity index (χ4n) is 4.86. The van der Waals surface area contributed by atoms with Crippen LogP contribution in [-0.4, -0.2) is 30.9 Å². The van der Waals surface area contributed by atoms with Crippen LogP contribution in [-0.2, 0) is 16.1 Å². The second-order valence-corrected chi connectivity index (χ2v) is 12.2. The third-order valence-corrected chi connectivity index (χ3v) is 8.34. The quantitative estimate of drug-likeness (QED) is 0.211. The Morgan fingerprint density at radius 3 is 2.43 bits per heavy atom. The van der Waals surface area contributed by atoms with Gasteiger partial charge in [0.25, 0.3) is 5.56 Å². The van der Waals surface area contributed by atoms with E-state index in [-0.39, 0.29) is 29.7 Å². The van der Waals surface area contributed by atoms with E-state index in [4.69, 9.17) is 18.9 Å². The predicted octanol–water partition coefficient (Wildman–Crippen LogP) is 5.68. The fourth-order valence-corrected chi connectivity index (χ4v) is 6.29. The number of esters is 1. The van der Waals surface area contributed by atoms with Crippen molar-refractivity contribution in [1.29, 1.82) is 0 Å². The average molecular weight is 682 g/mol. The molecule has 0 unspecified atom stereocenters. The van der Waals surface area contributed by atoms with Gasteiger partial charge >= 0.3 is 5.97 Å². The summed E-state index contributed by atoms with van der Waals surface area (Å²) in [6.07, 6.45) is 1.38. The number of ether oxygens (including phenoxy) is 4. The van der Waals surface area contributed by atoms with Crippen LogP contribution < -0.4 is 29.1 Å². The van der Waals surface area contributed by atoms with Crippen LogP contribution in [0.5, 0.6) is 17.2 Å². The van der Waals surface area contributed by atoms with E-state index in [2.05, 4.69) is 20.9 Å². The number of aromatic nitrogens is 1. The summed E-state index contributed by atoms with van der Waals surface area (Å²) in [5.74, 6) is 0.618. The smallest absolute Gasteiger partial charge is 0.338 e. The number of carbonyl (C=O) groups excluding carboxylic acids is 1. The summed E-state index contributed by atoms with van der Waals surface area (Å²) in [6, 6.07) is 16.0. The third-order valence-electron chi connectivity index (χ3n) is 6.86. The Hall–Kier alpha value is -4.22. The zero-order chi connectivity index (χ0) is 31.5. The van der Waals surface area contributed by atoms with E-state index in [9.17, 15) is 14.0 Å². The van der Waals surface area contributed by atoms with Crippen LogP contribution in [0.15, 0.2) is 86.2 Å². The predicted molar refractivity (Wildman–Crippen MR) is 169 cm³/mol. The third kappa shape index (κ3) is 6.48. The maximum Gasteiger partial charge on any atom is 0.338 e. The van der Waals surface area contributed by atoms with E-state index in [1.165, 1.54) is 35.1 Å². The molecule has 0 saturated carbocycles. The first kappa shape index (κ1) is 31.2. The van der Waals surface area contributed by atoms with Gasteiger partial charge in [0, 0.05) is 10.0 Å². The molecule has 1 atom stereocenters. The van der Waals surface area contributed by atoms with Crippen molar-refractivity contribution in [2.24, 2.45) is 4.99 Å². The van der Waals surface area contributed by atoms with Gasteiger partial charge < -0.3 is 18.9 Å². The lowest BCUT2D eigenvalue weighted by Gasteiger charge is -2.26. The van der Waals surface area contributed by atoms with Gasteiger partial charge in [0.15, 0.2) is 16.3 Å². The monoisotopic (exact) mass is 680 g/mol. The van der Waals surface area contributed by atoms with Crippen molar-refractivity contribution in [1.82, 2.24) is 4.57 Å². The highest BCUT2D eigenvalue weighted by atomic mass is 79.9. The second kappa shape index (κ2) is 13.2. The van der Waals surface area contributed by atoms with Gasteiger partial charge in [-0.3, -0.25) is 9.36 Å².